The van der Waals surface area contributed by atoms with Crippen molar-refractivity contribution in [3.63, 3.8) is 0 Å². The molecule has 0 fully saturated rings. The van der Waals surface area contributed by atoms with Gasteiger partial charge in [0.25, 0.3) is 5.91 Å². The van der Waals surface area contributed by atoms with Crippen LogP contribution in [-0.2, 0) is 9.59 Å². The van der Waals surface area contributed by atoms with Crippen LogP contribution in [0.4, 0.5) is 18.9 Å². The van der Waals surface area contributed by atoms with E-state index >= 15 is 0 Å². The SMILES string of the molecule is CC(=O)NCCCSc1ccc(NC(=O)[C@@](C)(O)C(F)(F)F)c(Cl)c1. The molecule has 0 aliphatic rings. The number of hydrogen-bond acceptors (Lipinski definition) is 4. The van der Waals surface area contributed by atoms with Crippen molar-refractivity contribution < 1.29 is 27.9 Å². The molecule has 0 aromatic heterocycles. The first-order chi connectivity index (χ1) is 11.4. The maximum atomic E-state index is 12.6. The third-order valence-electron chi connectivity index (χ3n) is 3.15. The van der Waals surface area contributed by atoms with Crippen molar-refractivity contribution in [2.75, 3.05) is 17.6 Å². The fourth-order valence-corrected chi connectivity index (χ4v) is 2.77. The summed E-state index contributed by atoms with van der Waals surface area (Å²) in [5, 5.41) is 14.0. The molecule has 10 heteroatoms. The molecule has 1 rings (SSSR count). The van der Waals surface area contributed by atoms with Gasteiger partial charge in [-0.3, -0.25) is 9.59 Å². The fraction of sp³-hybridized carbons (Fsp3) is 0.467. The molecule has 140 valence electrons. The Morgan fingerprint density at radius 3 is 2.48 bits per heavy atom. The Morgan fingerprint density at radius 1 is 1.32 bits per heavy atom. The van der Waals surface area contributed by atoms with E-state index in [0.29, 0.717) is 19.2 Å². The predicted molar refractivity (Wildman–Crippen MR) is 90.8 cm³/mol. The molecular weight excluding hydrogens is 381 g/mol. The highest BCUT2D eigenvalue weighted by Crippen LogP contribution is 2.33. The molecule has 0 aliphatic carbocycles. The lowest BCUT2D eigenvalue weighted by Crippen LogP contribution is -2.52. The summed E-state index contributed by atoms with van der Waals surface area (Å²) in [6.07, 6.45) is -4.37. The molecule has 3 N–H and O–H groups in total. The Balaban J connectivity index is 2.64. The highest BCUT2D eigenvalue weighted by molar-refractivity contribution is 7.99. The van der Waals surface area contributed by atoms with Crippen molar-refractivity contribution in [1.29, 1.82) is 0 Å². The van der Waals surface area contributed by atoms with E-state index < -0.39 is 17.7 Å². The molecule has 5 nitrogen and oxygen atoms in total. The lowest BCUT2D eigenvalue weighted by molar-refractivity contribution is -0.242. The van der Waals surface area contributed by atoms with Crippen molar-refractivity contribution in [2.24, 2.45) is 0 Å². The zero-order valence-corrected chi connectivity index (χ0v) is 15.1. The summed E-state index contributed by atoms with van der Waals surface area (Å²) in [6.45, 7) is 2.34. The quantitative estimate of drug-likeness (QED) is 0.487. The maximum absolute atomic E-state index is 12.6. The smallest absolute Gasteiger partial charge is 0.373 e. The molecule has 0 unspecified atom stereocenters. The Morgan fingerprint density at radius 2 is 1.96 bits per heavy atom. The molecule has 0 aliphatic heterocycles. The van der Waals surface area contributed by atoms with Gasteiger partial charge in [-0.15, -0.1) is 11.8 Å². The van der Waals surface area contributed by atoms with E-state index in [-0.39, 0.29) is 16.6 Å². The van der Waals surface area contributed by atoms with E-state index in [1.807, 2.05) is 5.32 Å². The van der Waals surface area contributed by atoms with Gasteiger partial charge in [-0.25, -0.2) is 0 Å². The van der Waals surface area contributed by atoms with Crippen LogP contribution in [0, 0.1) is 0 Å². The number of amides is 2. The van der Waals surface area contributed by atoms with Crippen LogP contribution < -0.4 is 10.6 Å². The normalized spacial score (nSPS) is 13.9. The first-order valence-corrected chi connectivity index (χ1v) is 8.59. The second-order valence-corrected chi connectivity index (χ2v) is 6.93. The monoisotopic (exact) mass is 398 g/mol. The summed E-state index contributed by atoms with van der Waals surface area (Å²) in [7, 11) is 0. The van der Waals surface area contributed by atoms with Crippen LogP contribution >= 0.6 is 23.4 Å². The van der Waals surface area contributed by atoms with Gasteiger partial charge in [0.2, 0.25) is 11.5 Å². The van der Waals surface area contributed by atoms with Gasteiger partial charge in [0.1, 0.15) is 0 Å². The average molecular weight is 399 g/mol. The first kappa shape index (κ1) is 21.6. The van der Waals surface area contributed by atoms with Gasteiger partial charge in [0, 0.05) is 18.4 Å². The minimum Gasteiger partial charge on any atom is -0.373 e. The number of anilines is 1. The number of halogens is 4. The summed E-state index contributed by atoms with van der Waals surface area (Å²) in [6, 6.07) is 4.46. The van der Waals surface area contributed by atoms with Crippen molar-refractivity contribution in [2.45, 2.75) is 36.9 Å². The van der Waals surface area contributed by atoms with Gasteiger partial charge < -0.3 is 15.7 Å². The van der Waals surface area contributed by atoms with Crippen molar-refractivity contribution >= 4 is 40.9 Å². The third-order valence-corrected chi connectivity index (χ3v) is 4.54. The molecule has 0 heterocycles. The number of benzene rings is 1. The standard InChI is InChI=1S/C15H18ClF3N2O3S/c1-9(22)20-6-3-7-25-10-4-5-12(11(16)8-10)21-13(23)14(2,24)15(17,18)19/h4-5,8,24H,3,6-7H2,1-2H3,(H,20,22)(H,21,23)/t14-/m1/s1. The molecule has 0 spiro atoms. The number of rotatable bonds is 7. The summed E-state index contributed by atoms with van der Waals surface area (Å²) in [5.74, 6) is -1.02. The van der Waals surface area contributed by atoms with E-state index in [1.165, 1.54) is 30.8 Å². The molecule has 1 aromatic rings. The van der Waals surface area contributed by atoms with Crippen LogP contribution in [0.5, 0.6) is 0 Å². The number of aliphatic hydroxyl groups is 1. The summed E-state index contributed by atoms with van der Waals surface area (Å²) >= 11 is 7.42. The second-order valence-electron chi connectivity index (χ2n) is 5.35. The first-order valence-electron chi connectivity index (χ1n) is 7.22. The van der Waals surface area contributed by atoms with Crippen molar-refractivity contribution in [3.8, 4) is 0 Å². The van der Waals surface area contributed by atoms with Gasteiger partial charge in [-0.2, -0.15) is 13.2 Å². The summed E-state index contributed by atoms with van der Waals surface area (Å²) in [4.78, 5) is 23.1. The number of carbonyl (C=O) groups is 2. The zero-order valence-electron chi connectivity index (χ0n) is 13.5. The van der Waals surface area contributed by atoms with Gasteiger partial charge in [0.05, 0.1) is 10.7 Å². The average Bonchev–Trinajstić information content (AvgIpc) is 2.47. The van der Waals surface area contributed by atoms with Crippen LogP contribution in [0.1, 0.15) is 20.3 Å². The van der Waals surface area contributed by atoms with Crippen LogP contribution in [0.2, 0.25) is 5.02 Å². The highest BCUT2D eigenvalue weighted by Gasteiger charge is 2.55. The van der Waals surface area contributed by atoms with Gasteiger partial charge in [-0.05, 0) is 37.3 Å². The lowest BCUT2D eigenvalue weighted by Gasteiger charge is -2.25. The molecule has 0 radical (unpaired) electrons. The van der Waals surface area contributed by atoms with Gasteiger partial charge in [0.15, 0.2) is 0 Å². The molecule has 0 bridgehead atoms. The lowest BCUT2D eigenvalue weighted by atomic mass is 10.1. The molecule has 2 amide bonds. The molecular formula is C15H18ClF3N2O3S. The Bertz CT molecular complexity index is 639. The fourth-order valence-electron chi connectivity index (χ4n) is 1.59. The van der Waals surface area contributed by atoms with E-state index in [1.54, 1.807) is 6.07 Å². The number of hydrogen-bond donors (Lipinski definition) is 3. The second kappa shape index (κ2) is 8.77. The number of alkyl halides is 3. The topological polar surface area (TPSA) is 78.4 Å². The number of thioether (sulfide) groups is 1. The Hall–Kier alpha value is -1.45. The van der Waals surface area contributed by atoms with Gasteiger partial charge >= 0.3 is 6.18 Å². The van der Waals surface area contributed by atoms with Crippen molar-refractivity contribution in [1.82, 2.24) is 5.32 Å². The van der Waals surface area contributed by atoms with Crippen LogP contribution in [0.25, 0.3) is 0 Å². The van der Waals surface area contributed by atoms with Crippen LogP contribution in [-0.4, -0.2) is 41.0 Å². The maximum Gasteiger partial charge on any atom is 0.426 e. The zero-order chi connectivity index (χ0) is 19.3. The van der Waals surface area contributed by atoms with E-state index in [2.05, 4.69) is 5.32 Å². The predicted octanol–water partition coefficient (Wildman–Crippen LogP) is 3.21. The molecule has 1 aromatic carbocycles. The van der Waals surface area contributed by atoms with Gasteiger partial charge in [-0.1, -0.05) is 11.6 Å². The molecule has 0 saturated carbocycles. The Kier molecular flexibility index (Phi) is 7.58. The van der Waals surface area contributed by atoms with Crippen LogP contribution in [0.3, 0.4) is 0 Å². The minimum atomic E-state index is -5.10. The van der Waals surface area contributed by atoms with Crippen molar-refractivity contribution in [3.05, 3.63) is 23.2 Å². The summed E-state index contributed by atoms with van der Waals surface area (Å²) < 4.78 is 37.9. The van der Waals surface area contributed by atoms with E-state index in [9.17, 15) is 27.9 Å². The van der Waals surface area contributed by atoms with Crippen LogP contribution in [0.15, 0.2) is 23.1 Å². The largest absolute Gasteiger partial charge is 0.426 e. The molecule has 0 saturated heterocycles. The molecule has 25 heavy (non-hydrogen) atoms. The van der Waals surface area contributed by atoms with E-state index in [4.69, 9.17) is 11.6 Å². The Labute approximate surface area is 152 Å². The molecule has 1 atom stereocenters. The number of nitrogens with one attached hydrogen (secondary N) is 2. The third kappa shape index (κ3) is 6.41. The minimum absolute atomic E-state index is 0.0289. The van der Waals surface area contributed by atoms with E-state index in [0.717, 1.165) is 11.3 Å². The highest BCUT2D eigenvalue weighted by atomic mass is 35.5. The summed E-state index contributed by atoms with van der Waals surface area (Å²) in [5.41, 5.74) is -3.55. The number of carbonyl (C=O) groups excluding carboxylic acids is 2.